The monoisotopic (exact) mass is 355 g/mol. The van der Waals surface area contributed by atoms with Crippen molar-refractivity contribution in [3.8, 4) is 0 Å². The van der Waals surface area contributed by atoms with E-state index in [-0.39, 0.29) is 0 Å². The number of hydrogen-bond acceptors (Lipinski definition) is 5. The minimum absolute atomic E-state index is 0.419. The van der Waals surface area contributed by atoms with E-state index in [0.717, 1.165) is 11.4 Å². The second-order valence-electron chi connectivity index (χ2n) is 4.65. The number of rotatable bonds is 4. The fourth-order valence-corrected chi connectivity index (χ4v) is 2.51. The third kappa shape index (κ3) is 3.18. The van der Waals surface area contributed by atoms with E-state index in [1.165, 1.54) is 4.80 Å². The molecule has 1 aromatic carbocycles. The average Bonchev–Trinajstić information content (AvgIpc) is 3.04. The fourth-order valence-electron chi connectivity index (χ4n) is 1.90. The predicted molar refractivity (Wildman–Crippen MR) is 84.6 cm³/mol. The average molecular weight is 356 g/mol. The number of halogens is 2. The van der Waals surface area contributed by atoms with Gasteiger partial charge in [0.2, 0.25) is 0 Å². The van der Waals surface area contributed by atoms with Crippen molar-refractivity contribution in [3.05, 3.63) is 50.2 Å². The fraction of sp³-hybridized carbons (Fsp3) is 0.250. The van der Waals surface area contributed by atoms with Gasteiger partial charge in [-0.05, 0) is 35.1 Å². The Balaban J connectivity index is 1.76. The molecule has 0 unspecified atom stereocenters. The zero-order chi connectivity index (χ0) is 15.7. The summed E-state index contributed by atoms with van der Waals surface area (Å²) < 4.78 is 2.32. The highest BCUT2D eigenvalue weighted by molar-refractivity contribution is 7.71. The molecule has 0 atom stereocenters. The summed E-state index contributed by atoms with van der Waals surface area (Å²) in [5.74, 6) is 1.30. The van der Waals surface area contributed by atoms with Crippen molar-refractivity contribution in [2.45, 2.75) is 13.0 Å². The summed E-state index contributed by atoms with van der Waals surface area (Å²) in [6, 6.07) is 5.30. The lowest BCUT2D eigenvalue weighted by molar-refractivity contribution is 0.570. The van der Waals surface area contributed by atoms with Crippen LogP contribution in [0.5, 0.6) is 0 Å². The standard InChI is InChI=1S/C12H11Cl2N7S/c1-20-11(16-17-12(20)22)5-10-15-19-21(18-10)6-7-2-3-8(13)4-9(7)14/h2-4H,5-6H2,1H3,(H,17,22). The summed E-state index contributed by atoms with van der Waals surface area (Å²) in [5, 5.41) is 20.4. The molecule has 0 bridgehead atoms. The van der Waals surface area contributed by atoms with E-state index in [0.29, 0.717) is 33.6 Å². The first kappa shape index (κ1) is 15.1. The Hall–Kier alpha value is -1.77. The highest BCUT2D eigenvalue weighted by atomic mass is 35.5. The Morgan fingerprint density at radius 2 is 2.14 bits per heavy atom. The van der Waals surface area contributed by atoms with Gasteiger partial charge in [0.1, 0.15) is 5.82 Å². The lowest BCUT2D eigenvalue weighted by Gasteiger charge is -2.03. The smallest absolute Gasteiger partial charge is 0.194 e. The van der Waals surface area contributed by atoms with Crippen molar-refractivity contribution in [2.75, 3.05) is 0 Å². The molecule has 0 spiro atoms. The van der Waals surface area contributed by atoms with Crippen molar-refractivity contribution in [3.63, 3.8) is 0 Å². The molecule has 0 fully saturated rings. The van der Waals surface area contributed by atoms with E-state index < -0.39 is 0 Å². The molecular weight excluding hydrogens is 345 g/mol. The van der Waals surface area contributed by atoms with Crippen LogP contribution in [-0.2, 0) is 20.0 Å². The lowest BCUT2D eigenvalue weighted by atomic mass is 10.2. The van der Waals surface area contributed by atoms with Gasteiger partial charge in [-0.2, -0.15) is 9.90 Å². The van der Waals surface area contributed by atoms with Crippen LogP contribution in [0.2, 0.25) is 10.0 Å². The number of nitrogens with zero attached hydrogens (tertiary/aromatic N) is 6. The molecular formula is C12H11Cl2N7S. The minimum Gasteiger partial charge on any atom is -0.307 e. The van der Waals surface area contributed by atoms with Crippen molar-refractivity contribution in [1.82, 2.24) is 35.0 Å². The van der Waals surface area contributed by atoms with Gasteiger partial charge >= 0.3 is 0 Å². The van der Waals surface area contributed by atoms with Crippen LogP contribution in [0, 0.1) is 4.77 Å². The van der Waals surface area contributed by atoms with E-state index in [1.54, 1.807) is 16.7 Å². The molecule has 22 heavy (non-hydrogen) atoms. The van der Waals surface area contributed by atoms with Gasteiger partial charge in [-0.1, -0.05) is 29.3 Å². The normalized spacial score (nSPS) is 11.0. The van der Waals surface area contributed by atoms with Crippen molar-refractivity contribution < 1.29 is 0 Å². The lowest BCUT2D eigenvalue weighted by Crippen LogP contribution is -2.05. The molecule has 0 saturated heterocycles. The summed E-state index contributed by atoms with van der Waals surface area (Å²) in [6.07, 6.45) is 0.442. The largest absolute Gasteiger partial charge is 0.307 e. The number of aromatic amines is 1. The number of H-pyrrole nitrogens is 1. The van der Waals surface area contributed by atoms with Crippen molar-refractivity contribution in [1.29, 1.82) is 0 Å². The van der Waals surface area contributed by atoms with Gasteiger partial charge in [0.25, 0.3) is 0 Å². The quantitative estimate of drug-likeness (QED) is 0.727. The molecule has 0 amide bonds. The van der Waals surface area contributed by atoms with E-state index in [2.05, 4.69) is 25.6 Å². The summed E-state index contributed by atoms with van der Waals surface area (Å²) in [5.41, 5.74) is 0.869. The van der Waals surface area contributed by atoms with Gasteiger partial charge in [-0.15, -0.1) is 10.2 Å². The zero-order valence-corrected chi connectivity index (χ0v) is 13.8. The number of hydrogen-bond donors (Lipinski definition) is 1. The maximum absolute atomic E-state index is 6.14. The molecule has 0 radical (unpaired) electrons. The SMILES string of the molecule is Cn1c(Cc2nnn(Cc3ccc(Cl)cc3Cl)n2)n[nH]c1=S. The van der Waals surface area contributed by atoms with Crippen LogP contribution in [0.1, 0.15) is 17.2 Å². The van der Waals surface area contributed by atoms with E-state index in [4.69, 9.17) is 35.4 Å². The highest BCUT2D eigenvalue weighted by Crippen LogP contribution is 2.21. The molecule has 2 aromatic heterocycles. The summed E-state index contributed by atoms with van der Waals surface area (Å²) >= 11 is 17.1. The summed E-state index contributed by atoms with van der Waals surface area (Å²) in [7, 11) is 1.83. The van der Waals surface area contributed by atoms with E-state index in [1.807, 2.05) is 13.1 Å². The molecule has 3 rings (SSSR count). The molecule has 2 heterocycles. The molecule has 0 aliphatic heterocycles. The molecule has 0 aliphatic rings. The molecule has 3 aromatic rings. The van der Waals surface area contributed by atoms with Crippen molar-refractivity contribution >= 4 is 35.4 Å². The van der Waals surface area contributed by atoms with Gasteiger partial charge in [0.05, 0.1) is 13.0 Å². The summed E-state index contributed by atoms with van der Waals surface area (Å²) in [4.78, 5) is 1.48. The molecule has 7 nitrogen and oxygen atoms in total. The van der Waals surface area contributed by atoms with Gasteiger partial charge < -0.3 is 4.57 Å². The second kappa shape index (κ2) is 6.15. The third-order valence-electron chi connectivity index (χ3n) is 3.11. The second-order valence-corrected chi connectivity index (χ2v) is 5.88. The maximum atomic E-state index is 6.14. The Bertz CT molecular complexity index is 866. The molecule has 0 saturated carbocycles. The number of tetrazole rings is 1. The van der Waals surface area contributed by atoms with Crippen LogP contribution >= 0.6 is 35.4 Å². The Kier molecular flexibility index (Phi) is 4.23. The number of benzene rings is 1. The van der Waals surface area contributed by atoms with Gasteiger partial charge in [0, 0.05) is 17.1 Å². The van der Waals surface area contributed by atoms with E-state index in [9.17, 15) is 0 Å². The zero-order valence-electron chi connectivity index (χ0n) is 11.5. The highest BCUT2D eigenvalue weighted by Gasteiger charge is 2.10. The number of aromatic nitrogens is 7. The topological polar surface area (TPSA) is 77.2 Å². The van der Waals surface area contributed by atoms with Gasteiger partial charge in [-0.25, -0.2) is 0 Å². The van der Waals surface area contributed by atoms with E-state index >= 15 is 0 Å². The molecule has 114 valence electrons. The number of nitrogens with one attached hydrogen (secondary N) is 1. The van der Waals surface area contributed by atoms with Crippen LogP contribution < -0.4 is 0 Å². The Labute approximate surface area is 140 Å². The first-order chi connectivity index (χ1) is 10.5. The predicted octanol–water partition coefficient (Wildman–Crippen LogP) is 2.41. The first-order valence-electron chi connectivity index (χ1n) is 6.34. The minimum atomic E-state index is 0.419. The van der Waals surface area contributed by atoms with Gasteiger partial charge in [-0.3, -0.25) is 5.10 Å². The molecule has 10 heteroatoms. The Morgan fingerprint density at radius 1 is 1.32 bits per heavy atom. The summed E-state index contributed by atoms with van der Waals surface area (Å²) in [6.45, 7) is 0.419. The Morgan fingerprint density at radius 3 is 2.82 bits per heavy atom. The first-order valence-corrected chi connectivity index (χ1v) is 7.50. The molecule has 1 N–H and O–H groups in total. The third-order valence-corrected chi connectivity index (χ3v) is 4.06. The van der Waals surface area contributed by atoms with Gasteiger partial charge in [0.15, 0.2) is 10.6 Å². The van der Waals surface area contributed by atoms with Crippen LogP contribution in [-0.4, -0.2) is 35.0 Å². The maximum Gasteiger partial charge on any atom is 0.194 e. The van der Waals surface area contributed by atoms with Crippen LogP contribution in [0.15, 0.2) is 18.2 Å². The van der Waals surface area contributed by atoms with Crippen LogP contribution in [0.3, 0.4) is 0 Å². The van der Waals surface area contributed by atoms with Crippen LogP contribution in [0.25, 0.3) is 0 Å². The van der Waals surface area contributed by atoms with Crippen molar-refractivity contribution in [2.24, 2.45) is 7.05 Å². The van der Waals surface area contributed by atoms with Crippen LogP contribution in [0.4, 0.5) is 0 Å². The molecule has 0 aliphatic carbocycles.